The first kappa shape index (κ1) is 21.2. The van der Waals surface area contributed by atoms with Crippen LogP contribution in [0.4, 0.5) is 10.1 Å². The largest absolute Gasteiger partial charge is 0.325 e. The predicted molar refractivity (Wildman–Crippen MR) is 128 cm³/mol. The Labute approximate surface area is 195 Å². The molecule has 0 saturated heterocycles. The Morgan fingerprint density at radius 3 is 2.52 bits per heavy atom. The Kier molecular flexibility index (Phi) is 5.60. The lowest BCUT2D eigenvalue weighted by atomic mass is 10.0. The van der Waals surface area contributed by atoms with Gasteiger partial charge in [-0.3, -0.25) is 4.79 Å². The molecule has 1 amide bonds. The van der Waals surface area contributed by atoms with Gasteiger partial charge >= 0.3 is 0 Å². The summed E-state index contributed by atoms with van der Waals surface area (Å²) in [6.45, 7) is 3.98. The summed E-state index contributed by atoms with van der Waals surface area (Å²) in [5.41, 5.74) is 7.99. The summed E-state index contributed by atoms with van der Waals surface area (Å²) in [6.07, 6.45) is 0. The van der Waals surface area contributed by atoms with E-state index in [2.05, 4.69) is 20.9 Å². The van der Waals surface area contributed by atoms with Crippen molar-refractivity contribution < 1.29 is 9.18 Å². The summed E-state index contributed by atoms with van der Waals surface area (Å²) in [6, 6.07) is 21.4. The van der Waals surface area contributed by atoms with Crippen LogP contribution in [0.25, 0.3) is 11.4 Å². The zero-order valence-corrected chi connectivity index (χ0v) is 18.9. The second kappa shape index (κ2) is 8.71. The summed E-state index contributed by atoms with van der Waals surface area (Å²) in [4.78, 5) is 13.4. The third-order valence-corrected chi connectivity index (χ3v) is 6.81. The number of fused-ring (bicyclic) bond motifs is 1. The molecule has 6 nitrogen and oxygen atoms in total. The lowest BCUT2D eigenvalue weighted by molar-refractivity contribution is -0.116. The van der Waals surface area contributed by atoms with Crippen LogP contribution in [0.3, 0.4) is 0 Å². The van der Waals surface area contributed by atoms with Crippen molar-refractivity contribution in [2.24, 2.45) is 0 Å². The number of aromatic nitrogens is 3. The van der Waals surface area contributed by atoms with E-state index in [4.69, 9.17) is 0 Å². The van der Waals surface area contributed by atoms with Gasteiger partial charge in [-0.1, -0.05) is 71.9 Å². The van der Waals surface area contributed by atoms with E-state index in [-0.39, 0.29) is 11.7 Å². The van der Waals surface area contributed by atoms with Crippen molar-refractivity contribution in [3.8, 4) is 11.4 Å². The van der Waals surface area contributed by atoms with Crippen molar-refractivity contribution in [2.75, 3.05) is 10.7 Å². The maximum absolute atomic E-state index is 13.6. The Morgan fingerprint density at radius 2 is 1.79 bits per heavy atom. The minimum atomic E-state index is -0.545. The Balaban J connectivity index is 1.51. The molecule has 0 unspecified atom stereocenters. The van der Waals surface area contributed by atoms with Crippen LogP contribution in [0.5, 0.6) is 0 Å². The number of aryl methyl sites for hydroxylation is 2. The molecule has 1 aromatic heterocycles. The number of hydrogen-bond acceptors (Lipinski definition) is 5. The summed E-state index contributed by atoms with van der Waals surface area (Å²) in [5.74, 6) is 0.163. The van der Waals surface area contributed by atoms with Crippen LogP contribution in [-0.2, 0) is 4.79 Å². The highest BCUT2D eigenvalue weighted by atomic mass is 32.2. The van der Waals surface area contributed by atoms with E-state index < -0.39 is 11.3 Å². The molecule has 8 heteroatoms. The third kappa shape index (κ3) is 4.21. The van der Waals surface area contributed by atoms with E-state index in [9.17, 15) is 9.18 Å². The van der Waals surface area contributed by atoms with Crippen molar-refractivity contribution >= 4 is 23.4 Å². The molecular weight excluding hydrogens is 437 g/mol. The molecule has 0 spiro atoms. The molecular formula is C25H22FN5OS. The molecule has 0 fully saturated rings. The Hall–Kier alpha value is -3.65. The second-order valence-corrected chi connectivity index (χ2v) is 9.12. The molecule has 0 bridgehead atoms. The van der Waals surface area contributed by atoms with Gasteiger partial charge < -0.3 is 10.7 Å². The topological polar surface area (TPSA) is 71.8 Å². The summed E-state index contributed by atoms with van der Waals surface area (Å²) >= 11 is 1.34. The summed E-state index contributed by atoms with van der Waals surface area (Å²) < 4.78 is 15.4. The average Bonchev–Trinajstić information content (AvgIpc) is 3.24. The van der Waals surface area contributed by atoms with Crippen molar-refractivity contribution in [1.29, 1.82) is 0 Å². The van der Waals surface area contributed by atoms with Gasteiger partial charge in [-0.25, -0.2) is 9.07 Å². The molecule has 0 saturated carbocycles. The number of nitrogens with one attached hydrogen (secondary N) is 2. The van der Waals surface area contributed by atoms with Crippen LogP contribution in [-0.4, -0.2) is 26.0 Å². The van der Waals surface area contributed by atoms with E-state index in [0.29, 0.717) is 11.0 Å². The van der Waals surface area contributed by atoms with Gasteiger partial charge in [0.2, 0.25) is 11.1 Å². The number of benzene rings is 3. The monoisotopic (exact) mass is 459 g/mol. The van der Waals surface area contributed by atoms with Gasteiger partial charge in [0.25, 0.3) is 0 Å². The van der Waals surface area contributed by atoms with E-state index in [0.717, 1.165) is 27.9 Å². The maximum Gasteiger partial charge on any atom is 0.240 e. The molecule has 33 heavy (non-hydrogen) atoms. The molecule has 4 aromatic rings. The average molecular weight is 460 g/mol. The zero-order chi connectivity index (χ0) is 22.9. The number of rotatable bonds is 4. The maximum atomic E-state index is 13.6. The van der Waals surface area contributed by atoms with Gasteiger partial charge in [0.15, 0.2) is 5.82 Å². The number of carbonyl (C=O) groups is 1. The molecule has 0 radical (unpaired) electrons. The number of thioether (sulfide) groups is 1. The molecule has 2 heterocycles. The standard InChI is InChI=1S/C25H22FN5OS/c1-15-8-13-20(16(2)14-15)27-24(32)22-21(17-9-11-19(26)12-10-17)30-31-23(28-29-25(31)33-22)18-6-4-3-5-7-18/h3-14,21-22,30H,1-2H3,(H,27,32)/t21-,22+/m0/s1. The lowest BCUT2D eigenvalue weighted by Crippen LogP contribution is -2.41. The minimum absolute atomic E-state index is 0.163. The van der Waals surface area contributed by atoms with Gasteiger partial charge in [-0.15, -0.1) is 10.2 Å². The molecule has 2 N–H and O–H groups in total. The molecule has 166 valence electrons. The Bertz CT molecular complexity index is 1310. The van der Waals surface area contributed by atoms with Crippen LogP contribution in [0, 0.1) is 19.7 Å². The normalized spacial score (nSPS) is 17.2. The van der Waals surface area contributed by atoms with E-state index in [1.165, 1.54) is 23.9 Å². The first-order chi connectivity index (χ1) is 16.0. The van der Waals surface area contributed by atoms with Gasteiger partial charge in [0.1, 0.15) is 11.1 Å². The van der Waals surface area contributed by atoms with Gasteiger partial charge in [-0.05, 0) is 43.2 Å². The molecule has 2 atom stereocenters. The van der Waals surface area contributed by atoms with Gasteiger partial charge in [0, 0.05) is 11.3 Å². The van der Waals surface area contributed by atoms with Crippen LogP contribution >= 0.6 is 11.8 Å². The molecule has 1 aliphatic heterocycles. The van der Waals surface area contributed by atoms with Gasteiger partial charge in [-0.2, -0.15) is 0 Å². The van der Waals surface area contributed by atoms with Crippen molar-refractivity contribution in [3.05, 3.63) is 95.3 Å². The molecule has 3 aromatic carbocycles. The van der Waals surface area contributed by atoms with Crippen LogP contribution in [0.15, 0.2) is 78.0 Å². The van der Waals surface area contributed by atoms with Crippen LogP contribution < -0.4 is 10.7 Å². The van der Waals surface area contributed by atoms with Crippen molar-refractivity contribution in [2.45, 2.75) is 30.3 Å². The predicted octanol–water partition coefficient (Wildman–Crippen LogP) is 5.10. The highest BCUT2D eigenvalue weighted by molar-refractivity contribution is 8.00. The summed E-state index contributed by atoms with van der Waals surface area (Å²) in [5, 5.41) is 11.8. The fourth-order valence-corrected chi connectivity index (χ4v) is 4.99. The first-order valence-electron chi connectivity index (χ1n) is 10.6. The van der Waals surface area contributed by atoms with E-state index in [1.54, 1.807) is 16.8 Å². The number of amides is 1. The smallest absolute Gasteiger partial charge is 0.240 e. The number of nitrogens with zero attached hydrogens (tertiary/aromatic N) is 3. The zero-order valence-electron chi connectivity index (χ0n) is 18.1. The highest BCUT2D eigenvalue weighted by Crippen LogP contribution is 2.39. The number of halogens is 1. The minimum Gasteiger partial charge on any atom is -0.325 e. The van der Waals surface area contributed by atoms with Crippen molar-refractivity contribution in [3.63, 3.8) is 0 Å². The van der Waals surface area contributed by atoms with Crippen LogP contribution in [0.1, 0.15) is 22.7 Å². The fourth-order valence-electron chi connectivity index (χ4n) is 3.91. The van der Waals surface area contributed by atoms with Crippen LogP contribution in [0.2, 0.25) is 0 Å². The van der Waals surface area contributed by atoms with E-state index in [1.807, 2.05) is 62.4 Å². The molecule has 1 aliphatic rings. The molecule has 0 aliphatic carbocycles. The SMILES string of the molecule is Cc1ccc(NC(=O)[C@@H]2Sc3nnc(-c4ccccc4)n3N[C@H]2c2ccc(F)cc2)c(C)c1. The number of carbonyl (C=O) groups excluding carboxylic acids is 1. The summed E-state index contributed by atoms with van der Waals surface area (Å²) in [7, 11) is 0. The first-order valence-corrected chi connectivity index (χ1v) is 11.5. The second-order valence-electron chi connectivity index (χ2n) is 8.01. The van der Waals surface area contributed by atoms with Gasteiger partial charge in [0.05, 0.1) is 6.04 Å². The van der Waals surface area contributed by atoms with Crippen molar-refractivity contribution in [1.82, 2.24) is 14.9 Å². The van der Waals surface area contributed by atoms with E-state index >= 15 is 0 Å². The third-order valence-electron chi connectivity index (χ3n) is 5.60. The highest BCUT2D eigenvalue weighted by Gasteiger charge is 2.38. The quantitative estimate of drug-likeness (QED) is 0.444. The lowest BCUT2D eigenvalue weighted by Gasteiger charge is -2.33. The number of anilines is 1. The Morgan fingerprint density at radius 1 is 1.03 bits per heavy atom. The molecule has 5 rings (SSSR count). The fraction of sp³-hybridized carbons (Fsp3) is 0.160. The number of hydrogen-bond donors (Lipinski definition) is 2.